The SMILES string of the molecule is CCCNCc1cc(S(=O)(=O)N(C)CCC)ccc1OC. The molecule has 0 bridgehead atoms. The van der Waals surface area contributed by atoms with E-state index in [1.54, 1.807) is 32.4 Å². The van der Waals surface area contributed by atoms with Crippen LogP contribution in [0.2, 0.25) is 0 Å². The molecule has 0 heterocycles. The molecule has 1 rings (SSSR count). The summed E-state index contributed by atoms with van der Waals surface area (Å²) in [5, 5.41) is 3.27. The summed E-state index contributed by atoms with van der Waals surface area (Å²) in [5.41, 5.74) is 0.858. The Bertz CT molecular complexity index is 544. The van der Waals surface area contributed by atoms with E-state index in [1.165, 1.54) is 4.31 Å². The van der Waals surface area contributed by atoms with Gasteiger partial charge in [-0.2, -0.15) is 0 Å². The van der Waals surface area contributed by atoms with Crippen LogP contribution in [0.4, 0.5) is 0 Å². The van der Waals surface area contributed by atoms with E-state index in [2.05, 4.69) is 12.2 Å². The van der Waals surface area contributed by atoms with Gasteiger partial charge in [0, 0.05) is 25.7 Å². The second-order valence-corrected chi connectivity index (χ2v) is 7.02. The summed E-state index contributed by atoms with van der Waals surface area (Å²) in [4.78, 5) is 0.313. The lowest BCUT2D eigenvalue weighted by molar-refractivity contribution is 0.407. The summed E-state index contributed by atoms with van der Waals surface area (Å²) < 4.78 is 31.6. The molecule has 0 aliphatic rings. The van der Waals surface area contributed by atoms with Crippen molar-refractivity contribution in [1.82, 2.24) is 9.62 Å². The predicted molar refractivity (Wildman–Crippen MR) is 85.1 cm³/mol. The van der Waals surface area contributed by atoms with E-state index in [0.717, 1.165) is 24.9 Å². The molecule has 0 fully saturated rings. The number of nitrogens with zero attached hydrogens (tertiary/aromatic N) is 1. The van der Waals surface area contributed by atoms with E-state index in [1.807, 2.05) is 6.92 Å². The zero-order valence-electron chi connectivity index (χ0n) is 13.3. The van der Waals surface area contributed by atoms with Crippen LogP contribution in [0.15, 0.2) is 23.1 Å². The van der Waals surface area contributed by atoms with Gasteiger partial charge in [-0.15, -0.1) is 0 Å². The largest absolute Gasteiger partial charge is 0.496 e. The van der Waals surface area contributed by atoms with Gasteiger partial charge in [0.1, 0.15) is 5.75 Å². The summed E-state index contributed by atoms with van der Waals surface area (Å²) in [7, 11) is -0.227. The average molecular weight is 314 g/mol. The molecule has 0 saturated heterocycles. The molecule has 0 spiro atoms. The average Bonchev–Trinajstić information content (AvgIpc) is 2.47. The molecular weight excluding hydrogens is 288 g/mol. The highest BCUT2D eigenvalue weighted by atomic mass is 32.2. The molecule has 0 aliphatic carbocycles. The van der Waals surface area contributed by atoms with Crippen molar-refractivity contribution in [2.24, 2.45) is 0 Å². The van der Waals surface area contributed by atoms with E-state index in [4.69, 9.17) is 4.74 Å². The van der Waals surface area contributed by atoms with Crippen LogP contribution in [0.5, 0.6) is 5.75 Å². The number of benzene rings is 1. The molecule has 120 valence electrons. The van der Waals surface area contributed by atoms with Crippen LogP contribution >= 0.6 is 0 Å². The Balaban J connectivity index is 3.06. The first-order valence-electron chi connectivity index (χ1n) is 7.31. The standard InChI is InChI=1S/C15H26N2O3S/c1-5-9-16-12-13-11-14(7-8-15(13)20-4)21(18,19)17(3)10-6-2/h7-8,11,16H,5-6,9-10,12H2,1-4H3. The number of hydrogen-bond donors (Lipinski definition) is 1. The molecular formula is C15H26N2O3S. The molecule has 0 amide bonds. The van der Waals surface area contributed by atoms with E-state index in [9.17, 15) is 8.42 Å². The Morgan fingerprint density at radius 3 is 2.52 bits per heavy atom. The maximum Gasteiger partial charge on any atom is 0.242 e. The molecule has 0 radical (unpaired) electrons. The van der Waals surface area contributed by atoms with Crippen molar-refractivity contribution >= 4 is 10.0 Å². The quantitative estimate of drug-likeness (QED) is 0.710. The highest BCUT2D eigenvalue weighted by Gasteiger charge is 2.21. The Morgan fingerprint density at radius 2 is 1.95 bits per heavy atom. The van der Waals surface area contributed by atoms with Crippen LogP contribution in [0.25, 0.3) is 0 Å². The van der Waals surface area contributed by atoms with Gasteiger partial charge in [0.2, 0.25) is 10.0 Å². The molecule has 1 N–H and O–H groups in total. The van der Waals surface area contributed by atoms with Gasteiger partial charge in [0.25, 0.3) is 0 Å². The molecule has 5 nitrogen and oxygen atoms in total. The minimum atomic E-state index is -3.43. The van der Waals surface area contributed by atoms with Gasteiger partial charge in [-0.25, -0.2) is 12.7 Å². The normalized spacial score (nSPS) is 11.9. The third-order valence-electron chi connectivity index (χ3n) is 3.24. The molecule has 0 atom stereocenters. The van der Waals surface area contributed by atoms with Gasteiger partial charge in [-0.1, -0.05) is 13.8 Å². The number of nitrogens with one attached hydrogen (secondary N) is 1. The predicted octanol–water partition coefficient (Wildman–Crippen LogP) is 2.23. The molecule has 0 aliphatic heterocycles. The van der Waals surface area contributed by atoms with Crippen LogP contribution in [-0.4, -0.2) is 40.0 Å². The maximum atomic E-state index is 12.5. The van der Waals surface area contributed by atoms with Gasteiger partial charge in [-0.3, -0.25) is 0 Å². The van der Waals surface area contributed by atoms with Gasteiger partial charge in [0.05, 0.1) is 12.0 Å². The second kappa shape index (κ2) is 8.36. The fraction of sp³-hybridized carbons (Fsp3) is 0.600. The van der Waals surface area contributed by atoms with Crippen molar-refractivity contribution in [1.29, 1.82) is 0 Å². The van der Waals surface area contributed by atoms with Crippen molar-refractivity contribution in [3.05, 3.63) is 23.8 Å². The Labute approximate surface area is 128 Å². The van der Waals surface area contributed by atoms with E-state index < -0.39 is 10.0 Å². The minimum absolute atomic E-state index is 0.313. The van der Waals surface area contributed by atoms with Crippen LogP contribution in [-0.2, 0) is 16.6 Å². The molecule has 0 unspecified atom stereocenters. The number of rotatable bonds is 9. The third kappa shape index (κ3) is 4.69. The number of methoxy groups -OCH3 is 1. The van der Waals surface area contributed by atoms with Crippen LogP contribution in [0.1, 0.15) is 32.3 Å². The van der Waals surface area contributed by atoms with E-state index in [0.29, 0.717) is 23.7 Å². The van der Waals surface area contributed by atoms with Gasteiger partial charge in [-0.05, 0) is 37.6 Å². The van der Waals surface area contributed by atoms with Crippen LogP contribution in [0, 0.1) is 0 Å². The second-order valence-electron chi connectivity index (χ2n) is 4.98. The Kier molecular flexibility index (Phi) is 7.14. The molecule has 21 heavy (non-hydrogen) atoms. The van der Waals surface area contributed by atoms with Crippen molar-refractivity contribution < 1.29 is 13.2 Å². The lowest BCUT2D eigenvalue weighted by atomic mass is 10.2. The molecule has 1 aromatic carbocycles. The summed E-state index contributed by atoms with van der Waals surface area (Å²) in [5.74, 6) is 0.704. The maximum absolute atomic E-state index is 12.5. The monoisotopic (exact) mass is 314 g/mol. The fourth-order valence-electron chi connectivity index (χ4n) is 2.07. The zero-order chi connectivity index (χ0) is 15.9. The fourth-order valence-corrected chi connectivity index (χ4v) is 3.38. The van der Waals surface area contributed by atoms with Crippen LogP contribution < -0.4 is 10.1 Å². The first-order chi connectivity index (χ1) is 9.97. The Hall–Kier alpha value is -1.11. The van der Waals surface area contributed by atoms with Gasteiger partial charge < -0.3 is 10.1 Å². The summed E-state index contributed by atoms with van der Waals surface area (Å²) in [6, 6.07) is 5.02. The van der Waals surface area contributed by atoms with Crippen molar-refractivity contribution in [3.63, 3.8) is 0 Å². The lowest BCUT2D eigenvalue weighted by Crippen LogP contribution is -2.27. The van der Waals surface area contributed by atoms with E-state index in [-0.39, 0.29) is 0 Å². The highest BCUT2D eigenvalue weighted by molar-refractivity contribution is 7.89. The van der Waals surface area contributed by atoms with Crippen molar-refractivity contribution in [2.45, 2.75) is 38.1 Å². The lowest BCUT2D eigenvalue weighted by Gasteiger charge is -2.18. The molecule has 0 aromatic heterocycles. The molecule has 0 saturated carbocycles. The summed E-state index contributed by atoms with van der Waals surface area (Å²) in [6.45, 7) is 6.04. The van der Waals surface area contributed by atoms with Gasteiger partial charge >= 0.3 is 0 Å². The summed E-state index contributed by atoms with van der Waals surface area (Å²) in [6.07, 6.45) is 1.82. The molecule has 1 aromatic rings. The number of sulfonamides is 1. The topological polar surface area (TPSA) is 58.6 Å². The third-order valence-corrected chi connectivity index (χ3v) is 5.09. The Morgan fingerprint density at radius 1 is 1.24 bits per heavy atom. The highest BCUT2D eigenvalue weighted by Crippen LogP contribution is 2.24. The number of ether oxygens (including phenoxy) is 1. The smallest absolute Gasteiger partial charge is 0.242 e. The zero-order valence-corrected chi connectivity index (χ0v) is 14.2. The first-order valence-corrected chi connectivity index (χ1v) is 8.75. The first kappa shape index (κ1) is 17.9. The minimum Gasteiger partial charge on any atom is -0.496 e. The summed E-state index contributed by atoms with van der Waals surface area (Å²) >= 11 is 0. The van der Waals surface area contributed by atoms with Crippen molar-refractivity contribution in [3.8, 4) is 5.75 Å². The van der Waals surface area contributed by atoms with E-state index >= 15 is 0 Å². The molecule has 6 heteroatoms. The number of hydrogen-bond acceptors (Lipinski definition) is 4. The van der Waals surface area contributed by atoms with Crippen LogP contribution in [0.3, 0.4) is 0 Å². The van der Waals surface area contributed by atoms with Crippen molar-refractivity contribution in [2.75, 3.05) is 27.2 Å². The van der Waals surface area contributed by atoms with Gasteiger partial charge in [0.15, 0.2) is 0 Å².